The lowest BCUT2D eigenvalue weighted by Gasteiger charge is -2.31. The molecule has 0 aromatic heterocycles. The summed E-state index contributed by atoms with van der Waals surface area (Å²) in [6, 6.07) is 4.69. The molecule has 0 radical (unpaired) electrons. The summed E-state index contributed by atoms with van der Waals surface area (Å²) in [6.07, 6.45) is -3.66. The van der Waals surface area contributed by atoms with Gasteiger partial charge >= 0.3 is 6.18 Å². The summed E-state index contributed by atoms with van der Waals surface area (Å²) >= 11 is 5.05. The van der Waals surface area contributed by atoms with Crippen molar-refractivity contribution in [3.05, 3.63) is 29.8 Å². The second-order valence-corrected chi connectivity index (χ2v) is 5.85. The Labute approximate surface area is 142 Å². The number of carbonyl (C=O) groups is 2. The molecule has 24 heavy (non-hydrogen) atoms. The number of nitrogens with zero attached hydrogens (tertiary/aromatic N) is 1. The SMILES string of the molecule is NC(=O)C1CCN(C(=S)C(=O)Nc2ccccc2C(F)(F)F)CC1. The molecule has 0 aliphatic carbocycles. The molecule has 0 saturated carbocycles. The summed E-state index contributed by atoms with van der Waals surface area (Å²) < 4.78 is 38.8. The Bertz CT molecular complexity index is 656. The fourth-order valence-electron chi connectivity index (χ4n) is 2.53. The topological polar surface area (TPSA) is 75.4 Å². The Morgan fingerprint density at radius 1 is 1.21 bits per heavy atom. The van der Waals surface area contributed by atoms with Crippen LogP contribution in [0.25, 0.3) is 0 Å². The Morgan fingerprint density at radius 2 is 1.79 bits per heavy atom. The number of nitrogens with two attached hydrogens (primary N) is 1. The number of likely N-dealkylation sites (tertiary alicyclic amines) is 1. The molecule has 0 unspecified atom stereocenters. The normalized spacial score (nSPS) is 15.9. The number of alkyl halides is 3. The third-order valence-electron chi connectivity index (χ3n) is 3.86. The van der Waals surface area contributed by atoms with Gasteiger partial charge in [-0.3, -0.25) is 9.59 Å². The van der Waals surface area contributed by atoms with Crippen LogP contribution < -0.4 is 11.1 Å². The number of carbonyl (C=O) groups excluding carboxylic acids is 2. The molecule has 1 aliphatic rings. The van der Waals surface area contributed by atoms with E-state index in [4.69, 9.17) is 18.0 Å². The van der Waals surface area contributed by atoms with Gasteiger partial charge in [0.1, 0.15) is 0 Å². The van der Waals surface area contributed by atoms with Crippen molar-refractivity contribution in [3.8, 4) is 0 Å². The lowest BCUT2D eigenvalue weighted by molar-refractivity contribution is -0.137. The number of amides is 2. The zero-order valence-electron chi connectivity index (χ0n) is 12.6. The van der Waals surface area contributed by atoms with Gasteiger partial charge in [0.15, 0.2) is 4.99 Å². The highest BCUT2D eigenvalue weighted by atomic mass is 32.1. The van der Waals surface area contributed by atoms with Gasteiger partial charge in [0.25, 0.3) is 5.91 Å². The number of nitrogens with one attached hydrogen (secondary N) is 1. The van der Waals surface area contributed by atoms with E-state index in [0.717, 1.165) is 6.07 Å². The third kappa shape index (κ3) is 4.22. The zero-order chi connectivity index (χ0) is 17.9. The van der Waals surface area contributed by atoms with Gasteiger partial charge in [-0.2, -0.15) is 13.2 Å². The van der Waals surface area contributed by atoms with E-state index < -0.39 is 23.6 Å². The summed E-state index contributed by atoms with van der Waals surface area (Å²) in [4.78, 5) is 24.7. The van der Waals surface area contributed by atoms with E-state index >= 15 is 0 Å². The van der Waals surface area contributed by atoms with Gasteiger partial charge in [-0.25, -0.2) is 0 Å². The van der Waals surface area contributed by atoms with Crippen molar-refractivity contribution in [2.45, 2.75) is 19.0 Å². The van der Waals surface area contributed by atoms with Gasteiger partial charge < -0.3 is 16.0 Å². The van der Waals surface area contributed by atoms with E-state index in [9.17, 15) is 22.8 Å². The molecule has 0 spiro atoms. The Kier molecular flexibility index (Phi) is 5.43. The molecule has 3 N–H and O–H groups in total. The lowest BCUT2D eigenvalue weighted by atomic mass is 9.96. The summed E-state index contributed by atoms with van der Waals surface area (Å²) in [5.74, 6) is -1.44. The van der Waals surface area contributed by atoms with Gasteiger partial charge in [0.2, 0.25) is 5.91 Å². The minimum atomic E-state index is -4.58. The highest BCUT2D eigenvalue weighted by molar-refractivity contribution is 7.82. The van der Waals surface area contributed by atoms with Crippen molar-refractivity contribution < 1.29 is 22.8 Å². The van der Waals surface area contributed by atoms with E-state index in [1.807, 2.05) is 0 Å². The first kappa shape index (κ1) is 18.2. The highest BCUT2D eigenvalue weighted by Gasteiger charge is 2.34. The summed E-state index contributed by atoms with van der Waals surface area (Å²) in [5.41, 5.74) is 3.95. The number of anilines is 1. The van der Waals surface area contributed by atoms with Crippen LogP contribution in [0.5, 0.6) is 0 Å². The number of rotatable bonds is 2. The molecule has 0 atom stereocenters. The number of primary amides is 1. The minimum absolute atomic E-state index is 0.102. The van der Waals surface area contributed by atoms with Crippen LogP contribution in [-0.4, -0.2) is 34.8 Å². The fraction of sp³-hybridized carbons (Fsp3) is 0.400. The van der Waals surface area contributed by atoms with Crippen LogP contribution in [0.4, 0.5) is 18.9 Å². The third-order valence-corrected chi connectivity index (χ3v) is 4.30. The van der Waals surface area contributed by atoms with Crippen molar-refractivity contribution in [3.63, 3.8) is 0 Å². The number of benzene rings is 1. The average Bonchev–Trinajstić information content (AvgIpc) is 2.53. The highest BCUT2D eigenvalue weighted by Crippen LogP contribution is 2.34. The summed E-state index contributed by atoms with van der Waals surface area (Å²) in [5, 5.41) is 2.21. The number of hydrogen-bond donors (Lipinski definition) is 2. The minimum Gasteiger partial charge on any atom is -0.369 e. The van der Waals surface area contributed by atoms with Gasteiger partial charge in [-0.1, -0.05) is 24.4 Å². The van der Waals surface area contributed by atoms with Gasteiger partial charge in [0.05, 0.1) is 11.3 Å². The van der Waals surface area contributed by atoms with Crippen LogP contribution in [0, 0.1) is 5.92 Å². The first-order chi connectivity index (χ1) is 11.2. The lowest BCUT2D eigenvalue weighted by Crippen LogP contribution is -2.45. The molecule has 5 nitrogen and oxygen atoms in total. The molecule has 1 heterocycles. The maximum absolute atomic E-state index is 12.9. The predicted octanol–water partition coefficient (Wildman–Crippen LogP) is 2.17. The maximum atomic E-state index is 12.9. The van der Waals surface area contributed by atoms with Crippen molar-refractivity contribution in [1.82, 2.24) is 4.90 Å². The number of thiocarbonyl (C=S) groups is 1. The molecule has 2 amide bonds. The van der Waals surface area contributed by atoms with E-state index in [-0.39, 0.29) is 16.6 Å². The van der Waals surface area contributed by atoms with Crippen LogP contribution in [0.15, 0.2) is 24.3 Å². The molecule has 2 rings (SSSR count). The van der Waals surface area contributed by atoms with Crippen molar-refractivity contribution in [2.24, 2.45) is 11.7 Å². The molecule has 130 valence electrons. The molecule has 1 aliphatic heterocycles. The van der Waals surface area contributed by atoms with Crippen LogP contribution >= 0.6 is 12.2 Å². The van der Waals surface area contributed by atoms with Crippen molar-refractivity contribution >= 4 is 34.7 Å². The van der Waals surface area contributed by atoms with E-state index in [1.165, 1.54) is 18.2 Å². The van der Waals surface area contributed by atoms with Crippen LogP contribution in [0.1, 0.15) is 18.4 Å². The molecule has 9 heteroatoms. The molecular weight excluding hydrogens is 343 g/mol. The second-order valence-electron chi connectivity index (χ2n) is 5.47. The monoisotopic (exact) mass is 359 g/mol. The Balaban J connectivity index is 2.03. The smallest absolute Gasteiger partial charge is 0.369 e. The summed E-state index contributed by atoms with van der Waals surface area (Å²) in [6.45, 7) is 0.724. The number of hydrogen-bond acceptors (Lipinski definition) is 3. The van der Waals surface area contributed by atoms with Crippen molar-refractivity contribution in [2.75, 3.05) is 18.4 Å². The number of para-hydroxylation sites is 1. The van der Waals surface area contributed by atoms with Gasteiger partial charge in [-0.15, -0.1) is 0 Å². The second kappa shape index (κ2) is 7.16. The number of piperidine rings is 1. The van der Waals surface area contributed by atoms with E-state index in [2.05, 4.69) is 5.32 Å². The summed E-state index contributed by atoms with van der Waals surface area (Å²) in [7, 11) is 0. The quantitative estimate of drug-likeness (QED) is 0.794. The fourth-order valence-corrected chi connectivity index (χ4v) is 2.76. The first-order valence-electron chi connectivity index (χ1n) is 7.26. The maximum Gasteiger partial charge on any atom is 0.418 e. The zero-order valence-corrected chi connectivity index (χ0v) is 13.4. The van der Waals surface area contributed by atoms with Crippen LogP contribution in [0.3, 0.4) is 0 Å². The van der Waals surface area contributed by atoms with E-state index in [1.54, 1.807) is 4.90 Å². The Hall–Kier alpha value is -2.16. The molecule has 1 fully saturated rings. The van der Waals surface area contributed by atoms with Gasteiger partial charge in [-0.05, 0) is 25.0 Å². The molecule has 1 saturated heterocycles. The van der Waals surface area contributed by atoms with E-state index in [0.29, 0.717) is 25.9 Å². The molecule has 0 bridgehead atoms. The van der Waals surface area contributed by atoms with Gasteiger partial charge in [0, 0.05) is 19.0 Å². The first-order valence-corrected chi connectivity index (χ1v) is 7.66. The number of halogens is 3. The average molecular weight is 359 g/mol. The van der Waals surface area contributed by atoms with Crippen LogP contribution in [-0.2, 0) is 15.8 Å². The standard InChI is InChI=1S/C15H16F3N3O2S/c16-15(17,18)10-3-1-2-4-11(10)20-13(23)14(24)21-7-5-9(6-8-21)12(19)22/h1-4,9H,5-8H2,(H2,19,22)(H,20,23). The predicted molar refractivity (Wildman–Crippen MR) is 86.2 cm³/mol. The van der Waals surface area contributed by atoms with Crippen molar-refractivity contribution in [1.29, 1.82) is 0 Å². The molecule has 1 aromatic rings. The Morgan fingerprint density at radius 3 is 2.33 bits per heavy atom. The largest absolute Gasteiger partial charge is 0.418 e. The van der Waals surface area contributed by atoms with Crippen LogP contribution in [0.2, 0.25) is 0 Å². The molecule has 1 aromatic carbocycles. The molecular formula is C15H16F3N3O2S.